The average molecular weight is 395 g/mol. The number of para-hydroxylation sites is 1. The van der Waals surface area contributed by atoms with E-state index in [4.69, 9.17) is 4.74 Å². The molecular formula is C24H30N2O3. The van der Waals surface area contributed by atoms with Crippen LogP contribution in [0.3, 0.4) is 0 Å². The van der Waals surface area contributed by atoms with Gasteiger partial charge in [-0.2, -0.15) is 0 Å². The van der Waals surface area contributed by atoms with Crippen molar-refractivity contribution in [2.24, 2.45) is 11.8 Å². The molecule has 2 unspecified atom stereocenters. The van der Waals surface area contributed by atoms with Crippen molar-refractivity contribution in [1.82, 2.24) is 4.90 Å². The first-order chi connectivity index (χ1) is 14.0. The zero-order valence-corrected chi connectivity index (χ0v) is 17.5. The number of benzene rings is 2. The normalized spacial score (nSPS) is 18.9. The third-order valence-corrected chi connectivity index (χ3v) is 5.39. The van der Waals surface area contributed by atoms with Gasteiger partial charge >= 0.3 is 0 Å². The van der Waals surface area contributed by atoms with Crippen molar-refractivity contribution in [2.75, 3.05) is 25.5 Å². The van der Waals surface area contributed by atoms with E-state index in [1.807, 2.05) is 41.3 Å². The summed E-state index contributed by atoms with van der Waals surface area (Å²) in [5, 5.41) is 2.93. The highest BCUT2D eigenvalue weighted by atomic mass is 16.5. The third kappa shape index (κ3) is 5.59. The predicted molar refractivity (Wildman–Crippen MR) is 115 cm³/mol. The molecule has 3 rings (SSSR count). The van der Waals surface area contributed by atoms with E-state index in [0.29, 0.717) is 35.9 Å². The Bertz CT molecular complexity index is 837. The molecule has 5 nitrogen and oxygen atoms in total. The maximum Gasteiger partial charge on any atom is 0.255 e. The lowest BCUT2D eigenvalue weighted by Gasteiger charge is -2.35. The number of methoxy groups -OCH3 is 1. The molecule has 1 saturated heterocycles. The van der Waals surface area contributed by atoms with Crippen molar-refractivity contribution < 1.29 is 14.3 Å². The van der Waals surface area contributed by atoms with Crippen LogP contribution in [0.15, 0.2) is 48.5 Å². The van der Waals surface area contributed by atoms with Gasteiger partial charge in [-0.3, -0.25) is 9.59 Å². The molecule has 2 aromatic carbocycles. The van der Waals surface area contributed by atoms with Gasteiger partial charge < -0.3 is 15.0 Å². The summed E-state index contributed by atoms with van der Waals surface area (Å²) in [7, 11) is 1.63. The zero-order chi connectivity index (χ0) is 20.8. The zero-order valence-electron chi connectivity index (χ0n) is 17.5. The molecule has 1 aliphatic rings. The highest BCUT2D eigenvalue weighted by Crippen LogP contribution is 2.25. The molecule has 1 heterocycles. The van der Waals surface area contributed by atoms with Gasteiger partial charge in [-0.15, -0.1) is 0 Å². The minimum absolute atomic E-state index is 0.00513. The van der Waals surface area contributed by atoms with Gasteiger partial charge in [0.2, 0.25) is 5.91 Å². The summed E-state index contributed by atoms with van der Waals surface area (Å²) in [5.41, 5.74) is 2.22. The topological polar surface area (TPSA) is 58.6 Å². The van der Waals surface area contributed by atoms with E-state index in [1.54, 1.807) is 19.2 Å². The van der Waals surface area contributed by atoms with Gasteiger partial charge in [0.15, 0.2) is 0 Å². The number of anilines is 1. The van der Waals surface area contributed by atoms with E-state index in [1.165, 1.54) is 0 Å². The Hall–Kier alpha value is -2.82. The maximum absolute atomic E-state index is 13.1. The number of hydrogen-bond acceptors (Lipinski definition) is 3. The largest absolute Gasteiger partial charge is 0.497 e. The van der Waals surface area contributed by atoms with Crippen molar-refractivity contribution in [2.45, 2.75) is 33.1 Å². The van der Waals surface area contributed by atoms with Crippen LogP contribution in [0.1, 0.15) is 42.6 Å². The molecule has 0 aromatic heterocycles. The van der Waals surface area contributed by atoms with Crippen LogP contribution in [0.2, 0.25) is 0 Å². The first-order valence-corrected chi connectivity index (χ1v) is 10.3. The first-order valence-electron chi connectivity index (χ1n) is 10.3. The number of rotatable bonds is 6. The highest BCUT2D eigenvalue weighted by Gasteiger charge is 2.27. The fourth-order valence-electron chi connectivity index (χ4n) is 4.04. The number of piperidine rings is 1. The van der Waals surface area contributed by atoms with E-state index in [2.05, 4.69) is 19.2 Å². The van der Waals surface area contributed by atoms with Gasteiger partial charge in [0.05, 0.1) is 18.4 Å². The Kier molecular flexibility index (Phi) is 6.91. The Morgan fingerprint density at radius 1 is 1.03 bits per heavy atom. The molecule has 2 aromatic rings. The predicted octanol–water partition coefficient (Wildman–Crippen LogP) is 4.38. The summed E-state index contributed by atoms with van der Waals surface area (Å²) >= 11 is 0. The third-order valence-electron chi connectivity index (χ3n) is 5.39. The van der Waals surface area contributed by atoms with Gasteiger partial charge in [0, 0.05) is 19.5 Å². The second-order valence-electron chi connectivity index (χ2n) is 8.10. The van der Waals surface area contributed by atoms with Gasteiger partial charge in [0.1, 0.15) is 5.75 Å². The minimum Gasteiger partial charge on any atom is -0.497 e. The molecule has 0 bridgehead atoms. The van der Waals surface area contributed by atoms with Crippen LogP contribution in [0.5, 0.6) is 5.75 Å². The number of amides is 2. The lowest BCUT2D eigenvalue weighted by Crippen LogP contribution is -2.42. The molecule has 0 saturated carbocycles. The molecule has 5 heteroatoms. The Balaban J connectivity index is 1.63. The quantitative estimate of drug-likeness (QED) is 0.791. The number of hydrogen-bond donors (Lipinski definition) is 1. The van der Waals surface area contributed by atoms with E-state index in [0.717, 1.165) is 30.8 Å². The van der Waals surface area contributed by atoms with E-state index >= 15 is 0 Å². The lowest BCUT2D eigenvalue weighted by molar-refractivity contribution is -0.116. The van der Waals surface area contributed by atoms with Crippen LogP contribution in [0, 0.1) is 11.8 Å². The van der Waals surface area contributed by atoms with Crippen LogP contribution in [-0.2, 0) is 11.2 Å². The number of carbonyl (C=O) groups excluding carboxylic acids is 2. The second-order valence-corrected chi connectivity index (χ2v) is 8.10. The Morgan fingerprint density at radius 3 is 2.34 bits per heavy atom. The molecule has 1 N–H and O–H groups in total. The van der Waals surface area contributed by atoms with Gasteiger partial charge in [-0.1, -0.05) is 38.1 Å². The highest BCUT2D eigenvalue weighted by molar-refractivity contribution is 6.03. The molecule has 154 valence electrons. The number of likely N-dealkylation sites (tertiary alicyclic amines) is 1. The van der Waals surface area contributed by atoms with Crippen molar-refractivity contribution in [3.63, 3.8) is 0 Å². The van der Waals surface area contributed by atoms with Crippen LogP contribution in [0.4, 0.5) is 5.69 Å². The van der Waals surface area contributed by atoms with Gasteiger partial charge in [-0.05, 0) is 54.5 Å². The fourth-order valence-corrected chi connectivity index (χ4v) is 4.04. The van der Waals surface area contributed by atoms with Crippen molar-refractivity contribution in [3.8, 4) is 5.75 Å². The number of ether oxygens (including phenoxy) is 1. The van der Waals surface area contributed by atoms with Crippen molar-refractivity contribution in [3.05, 3.63) is 59.7 Å². The number of carbonyl (C=O) groups is 2. The van der Waals surface area contributed by atoms with Gasteiger partial charge in [0.25, 0.3) is 5.91 Å². The fraction of sp³-hybridized carbons (Fsp3) is 0.417. The van der Waals surface area contributed by atoms with Crippen LogP contribution in [0.25, 0.3) is 0 Å². The van der Waals surface area contributed by atoms with Crippen molar-refractivity contribution >= 4 is 17.5 Å². The summed E-state index contributed by atoms with van der Waals surface area (Å²) in [6, 6.07) is 15.0. The molecule has 29 heavy (non-hydrogen) atoms. The first kappa shape index (κ1) is 20.9. The van der Waals surface area contributed by atoms with Crippen LogP contribution in [-0.4, -0.2) is 36.9 Å². The summed E-state index contributed by atoms with van der Waals surface area (Å²) < 4.78 is 5.16. The molecule has 1 fully saturated rings. The van der Waals surface area contributed by atoms with Crippen LogP contribution < -0.4 is 10.1 Å². The van der Waals surface area contributed by atoms with Gasteiger partial charge in [-0.25, -0.2) is 0 Å². The monoisotopic (exact) mass is 394 g/mol. The number of nitrogens with zero attached hydrogens (tertiary/aromatic N) is 1. The molecule has 2 amide bonds. The summed E-state index contributed by atoms with van der Waals surface area (Å²) in [6.07, 6.45) is 2.13. The lowest BCUT2D eigenvalue weighted by atomic mass is 9.91. The van der Waals surface area contributed by atoms with E-state index < -0.39 is 0 Å². The maximum atomic E-state index is 13.1. The SMILES string of the molecule is COc1ccc(CCC(=O)Nc2ccccc2C(=O)N2CC(C)CC(C)C2)cc1. The summed E-state index contributed by atoms with van der Waals surface area (Å²) in [4.78, 5) is 27.5. The smallest absolute Gasteiger partial charge is 0.255 e. The molecule has 0 spiro atoms. The summed E-state index contributed by atoms with van der Waals surface area (Å²) in [5.74, 6) is 1.69. The van der Waals surface area contributed by atoms with Crippen LogP contribution >= 0.6 is 0 Å². The number of nitrogens with one attached hydrogen (secondary N) is 1. The molecule has 1 aliphatic heterocycles. The minimum atomic E-state index is -0.0959. The molecular weight excluding hydrogens is 364 g/mol. The van der Waals surface area contributed by atoms with E-state index in [9.17, 15) is 9.59 Å². The standard InChI is InChI=1S/C24H30N2O3/c1-17-14-18(2)16-26(15-17)24(28)21-6-4-5-7-22(21)25-23(27)13-10-19-8-11-20(29-3)12-9-19/h4-9,11-12,17-18H,10,13-16H2,1-3H3,(H,25,27). The summed E-state index contributed by atoms with van der Waals surface area (Å²) in [6.45, 7) is 5.90. The van der Waals surface area contributed by atoms with E-state index in [-0.39, 0.29) is 11.8 Å². The average Bonchev–Trinajstić information content (AvgIpc) is 2.72. The molecule has 0 aliphatic carbocycles. The molecule has 2 atom stereocenters. The second kappa shape index (κ2) is 9.59. The van der Waals surface area contributed by atoms with Crippen molar-refractivity contribution in [1.29, 1.82) is 0 Å². The number of aryl methyl sites for hydroxylation is 1. The Morgan fingerprint density at radius 2 is 1.69 bits per heavy atom. The Labute approximate surface area is 173 Å². The molecule has 0 radical (unpaired) electrons.